The minimum atomic E-state index is -0.774. The predicted molar refractivity (Wildman–Crippen MR) is 105 cm³/mol. The molecule has 9 nitrogen and oxygen atoms in total. The smallest absolute Gasteiger partial charge is 0.248 e. The minimum Gasteiger partial charge on any atom is -0.494 e. The molecule has 0 radical (unpaired) electrons. The third-order valence-electron chi connectivity index (χ3n) is 5.68. The number of aliphatic hydroxyl groups is 1. The summed E-state index contributed by atoms with van der Waals surface area (Å²) in [5.74, 6) is 0.435. The number of rotatable bonds is 5. The van der Waals surface area contributed by atoms with E-state index >= 15 is 0 Å². The van der Waals surface area contributed by atoms with Crippen molar-refractivity contribution in [2.75, 3.05) is 40.4 Å². The van der Waals surface area contributed by atoms with E-state index in [-0.39, 0.29) is 18.4 Å². The summed E-state index contributed by atoms with van der Waals surface area (Å²) in [5.41, 5.74) is 1.87. The summed E-state index contributed by atoms with van der Waals surface area (Å²) in [7, 11) is 3.21. The fourth-order valence-corrected chi connectivity index (χ4v) is 4.06. The molecule has 0 spiro atoms. The van der Waals surface area contributed by atoms with E-state index in [4.69, 9.17) is 4.74 Å². The van der Waals surface area contributed by atoms with E-state index in [0.717, 1.165) is 17.0 Å². The predicted octanol–water partition coefficient (Wildman–Crippen LogP) is -0.273. The number of fused-ring (bicyclic) bond motifs is 1. The van der Waals surface area contributed by atoms with Crippen molar-refractivity contribution in [3.8, 4) is 11.4 Å². The molecule has 4 rings (SSSR count). The average Bonchev–Trinajstić information content (AvgIpc) is 3.20. The molecule has 2 fully saturated rings. The van der Waals surface area contributed by atoms with Gasteiger partial charge in [-0.3, -0.25) is 14.5 Å². The largest absolute Gasteiger partial charge is 0.494 e. The maximum Gasteiger partial charge on any atom is 0.248 e. The van der Waals surface area contributed by atoms with E-state index in [9.17, 15) is 14.7 Å². The van der Waals surface area contributed by atoms with Gasteiger partial charge < -0.3 is 19.6 Å². The fourth-order valence-electron chi connectivity index (χ4n) is 4.06. The average molecular weight is 399 g/mol. The fraction of sp³-hybridized carbons (Fsp3) is 0.450. The van der Waals surface area contributed by atoms with Crippen molar-refractivity contribution in [2.45, 2.75) is 18.6 Å². The molecule has 1 N–H and O–H groups in total. The third kappa shape index (κ3) is 3.47. The zero-order valence-electron chi connectivity index (χ0n) is 16.6. The van der Waals surface area contributed by atoms with E-state index in [1.54, 1.807) is 29.9 Å². The van der Waals surface area contributed by atoms with Crippen LogP contribution in [0.2, 0.25) is 0 Å². The number of hydrogen-bond donors (Lipinski definition) is 1. The second-order valence-electron chi connectivity index (χ2n) is 7.40. The second kappa shape index (κ2) is 7.84. The SMILES string of the molecule is COc1ccccc1-n1cc(CN2CCN3C(=O)[C@H](CO)N(C)C(=O)[C@H]3C2)cn1. The molecule has 29 heavy (non-hydrogen) atoms. The number of piperazine rings is 2. The Bertz CT molecular complexity index is 914. The van der Waals surface area contributed by atoms with Crippen LogP contribution < -0.4 is 4.74 Å². The van der Waals surface area contributed by atoms with E-state index in [1.807, 2.05) is 30.5 Å². The zero-order chi connectivity index (χ0) is 20.5. The van der Waals surface area contributed by atoms with Gasteiger partial charge in [0.1, 0.15) is 23.5 Å². The second-order valence-corrected chi connectivity index (χ2v) is 7.40. The van der Waals surface area contributed by atoms with Gasteiger partial charge in [-0.15, -0.1) is 0 Å². The van der Waals surface area contributed by atoms with Gasteiger partial charge in [-0.2, -0.15) is 5.10 Å². The first-order valence-corrected chi connectivity index (χ1v) is 9.60. The van der Waals surface area contributed by atoms with Crippen LogP contribution in [0.4, 0.5) is 0 Å². The van der Waals surface area contributed by atoms with Gasteiger partial charge >= 0.3 is 0 Å². The molecular formula is C20H25N5O4. The summed E-state index contributed by atoms with van der Waals surface area (Å²) in [4.78, 5) is 30.4. The molecule has 2 amide bonds. The molecular weight excluding hydrogens is 374 g/mol. The normalized spacial score (nSPS) is 22.7. The van der Waals surface area contributed by atoms with Crippen molar-refractivity contribution >= 4 is 11.8 Å². The van der Waals surface area contributed by atoms with Gasteiger partial charge in [0.2, 0.25) is 11.8 Å². The number of hydrogen-bond acceptors (Lipinski definition) is 6. The van der Waals surface area contributed by atoms with Crippen molar-refractivity contribution < 1.29 is 19.4 Å². The van der Waals surface area contributed by atoms with Crippen LogP contribution in [0, 0.1) is 0 Å². The molecule has 9 heteroatoms. The van der Waals surface area contributed by atoms with Crippen LogP contribution in [0.5, 0.6) is 5.75 Å². The van der Waals surface area contributed by atoms with Crippen molar-refractivity contribution in [3.05, 3.63) is 42.2 Å². The molecule has 0 aliphatic carbocycles. The molecule has 3 heterocycles. The maximum absolute atomic E-state index is 12.7. The van der Waals surface area contributed by atoms with Crippen molar-refractivity contribution in [2.24, 2.45) is 0 Å². The van der Waals surface area contributed by atoms with Gasteiger partial charge in [0.05, 0.1) is 19.9 Å². The van der Waals surface area contributed by atoms with Crippen LogP contribution in [0.1, 0.15) is 5.56 Å². The number of aromatic nitrogens is 2. The van der Waals surface area contributed by atoms with E-state index in [1.165, 1.54) is 4.90 Å². The number of carbonyl (C=O) groups is 2. The highest BCUT2D eigenvalue weighted by Gasteiger charge is 2.46. The molecule has 2 atom stereocenters. The summed E-state index contributed by atoms with van der Waals surface area (Å²) in [6, 6.07) is 6.39. The number of para-hydroxylation sites is 2. The molecule has 0 unspecified atom stereocenters. The molecule has 154 valence electrons. The van der Waals surface area contributed by atoms with E-state index < -0.39 is 12.1 Å². The Morgan fingerprint density at radius 1 is 1.21 bits per heavy atom. The lowest BCUT2D eigenvalue weighted by molar-refractivity contribution is -0.165. The van der Waals surface area contributed by atoms with Gasteiger partial charge in [0, 0.05) is 45.0 Å². The number of aliphatic hydroxyl groups excluding tert-OH is 1. The number of amides is 2. The van der Waals surface area contributed by atoms with Gasteiger partial charge in [0.25, 0.3) is 0 Å². The first-order valence-electron chi connectivity index (χ1n) is 9.60. The lowest BCUT2D eigenvalue weighted by Crippen LogP contribution is -2.69. The Balaban J connectivity index is 1.46. The first kappa shape index (κ1) is 19.4. The van der Waals surface area contributed by atoms with Crippen LogP contribution in [0.25, 0.3) is 5.69 Å². The summed E-state index contributed by atoms with van der Waals surface area (Å²) >= 11 is 0. The van der Waals surface area contributed by atoms with Gasteiger partial charge in [-0.25, -0.2) is 4.68 Å². The minimum absolute atomic E-state index is 0.127. The monoisotopic (exact) mass is 399 g/mol. The molecule has 0 saturated carbocycles. The van der Waals surface area contributed by atoms with Gasteiger partial charge in [0.15, 0.2) is 0 Å². The number of nitrogens with zero attached hydrogens (tertiary/aromatic N) is 5. The molecule has 2 aliphatic rings. The van der Waals surface area contributed by atoms with Crippen LogP contribution in [-0.4, -0.2) is 93.9 Å². The Morgan fingerprint density at radius 2 is 2.00 bits per heavy atom. The molecule has 1 aromatic carbocycles. The first-order chi connectivity index (χ1) is 14.0. The molecule has 2 saturated heterocycles. The topological polar surface area (TPSA) is 91.1 Å². The Kier molecular flexibility index (Phi) is 5.25. The highest BCUT2D eigenvalue weighted by atomic mass is 16.5. The lowest BCUT2D eigenvalue weighted by atomic mass is 10.0. The Hall–Kier alpha value is -2.91. The van der Waals surface area contributed by atoms with E-state index in [0.29, 0.717) is 26.2 Å². The van der Waals surface area contributed by atoms with Crippen molar-refractivity contribution in [3.63, 3.8) is 0 Å². The zero-order valence-corrected chi connectivity index (χ0v) is 16.6. The van der Waals surface area contributed by atoms with Crippen LogP contribution in [0.3, 0.4) is 0 Å². The Labute approximate surface area is 169 Å². The van der Waals surface area contributed by atoms with Crippen LogP contribution in [0.15, 0.2) is 36.7 Å². The number of likely N-dealkylation sites (N-methyl/N-ethyl adjacent to an activating group) is 1. The number of carbonyl (C=O) groups excluding carboxylic acids is 2. The summed E-state index contributed by atoms with van der Waals surface area (Å²) in [6.07, 6.45) is 3.76. The summed E-state index contributed by atoms with van der Waals surface area (Å²) < 4.78 is 7.18. The third-order valence-corrected chi connectivity index (χ3v) is 5.68. The maximum atomic E-state index is 12.7. The van der Waals surface area contributed by atoms with Crippen LogP contribution in [-0.2, 0) is 16.1 Å². The quantitative estimate of drug-likeness (QED) is 0.744. The summed E-state index contributed by atoms with van der Waals surface area (Å²) in [6.45, 7) is 1.88. The Morgan fingerprint density at radius 3 is 2.76 bits per heavy atom. The number of methoxy groups -OCH3 is 1. The standard InChI is InChI=1S/C20H25N5O4/c1-22-17(13-26)20(28)24-8-7-23(12-16(24)19(22)27)10-14-9-21-25(11-14)15-5-3-4-6-18(15)29-2/h3-6,9,11,16-17,26H,7-8,10,12-13H2,1-2H3/t16-,17+/m1/s1. The van der Waals surface area contributed by atoms with Gasteiger partial charge in [-0.05, 0) is 12.1 Å². The lowest BCUT2D eigenvalue weighted by Gasteiger charge is -2.47. The molecule has 2 aliphatic heterocycles. The van der Waals surface area contributed by atoms with E-state index in [2.05, 4.69) is 10.00 Å². The highest BCUT2D eigenvalue weighted by molar-refractivity contribution is 5.97. The van der Waals surface area contributed by atoms with Crippen molar-refractivity contribution in [1.82, 2.24) is 24.5 Å². The highest BCUT2D eigenvalue weighted by Crippen LogP contribution is 2.24. The van der Waals surface area contributed by atoms with Crippen molar-refractivity contribution in [1.29, 1.82) is 0 Å². The number of ether oxygens (including phenoxy) is 1. The van der Waals surface area contributed by atoms with Gasteiger partial charge in [-0.1, -0.05) is 12.1 Å². The molecule has 2 aromatic rings. The number of benzene rings is 1. The molecule has 1 aromatic heterocycles. The summed E-state index contributed by atoms with van der Waals surface area (Å²) in [5, 5.41) is 13.9. The molecule has 0 bridgehead atoms. The van der Waals surface area contributed by atoms with Crippen LogP contribution >= 0.6 is 0 Å².